The molecule has 2 rings (SSSR count). The Labute approximate surface area is 85.7 Å². The second-order valence-electron chi connectivity index (χ2n) is 3.33. The number of nitrogens with zero attached hydrogens (tertiary/aromatic N) is 1. The van der Waals surface area contributed by atoms with Crippen LogP contribution in [0.3, 0.4) is 0 Å². The Morgan fingerprint density at radius 1 is 1.33 bits per heavy atom. The number of methoxy groups -OCH3 is 2. The molecular formula is C8H11NO6. The average Bonchev–Trinajstić information content (AvgIpc) is 2.86. The smallest absolute Gasteiger partial charge is 0.343 e. The van der Waals surface area contributed by atoms with E-state index >= 15 is 0 Å². The third kappa shape index (κ3) is 1.24. The monoisotopic (exact) mass is 217 g/mol. The Hall–Kier alpha value is -1.18. The first kappa shape index (κ1) is 10.3. The Morgan fingerprint density at radius 3 is 2.27 bits per heavy atom. The first-order valence-corrected chi connectivity index (χ1v) is 4.42. The number of carbonyl (C=O) groups is 2. The van der Waals surface area contributed by atoms with Crippen LogP contribution in [0.15, 0.2) is 0 Å². The van der Waals surface area contributed by atoms with Crippen LogP contribution in [0.4, 0.5) is 0 Å². The van der Waals surface area contributed by atoms with Gasteiger partial charge in [-0.2, -0.15) is 0 Å². The number of fused-ring (bicyclic) bond motifs is 2. The van der Waals surface area contributed by atoms with E-state index in [-0.39, 0.29) is 12.5 Å². The lowest BCUT2D eigenvalue weighted by atomic mass is 9.93. The van der Waals surface area contributed by atoms with Crippen LogP contribution < -0.4 is 0 Å². The molecule has 15 heavy (non-hydrogen) atoms. The Bertz CT molecular complexity index is 288. The van der Waals surface area contributed by atoms with Crippen LogP contribution in [0.2, 0.25) is 0 Å². The molecule has 2 heterocycles. The number of hydrogen-bond donors (Lipinski definition) is 0. The highest BCUT2D eigenvalue weighted by Gasteiger charge is 2.65. The van der Waals surface area contributed by atoms with Crippen LogP contribution in [0.5, 0.6) is 0 Å². The quantitative estimate of drug-likeness (QED) is 0.434. The van der Waals surface area contributed by atoms with Crippen molar-refractivity contribution in [2.45, 2.75) is 18.1 Å². The van der Waals surface area contributed by atoms with Gasteiger partial charge < -0.3 is 9.47 Å². The van der Waals surface area contributed by atoms with Crippen molar-refractivity contribution >= 4 is 11.9 Å². The zero-order valence-electron chi connectivity index (χ0n) is 8.39. The number of carbonyl (C=O) groups excluding carboxylic acids is 2. The van der Waals surface area contributed by atoms with Crippen molar-refractivity contribution in [1.82, 2.24) is 5.23 Å². The number of rotatable bonds is 2. The molecule has 7 nitrogen and oxygen atoms in total. The van der Waals surface area contributed by atoms with Crippen molar-refractivity contribution in [3.8, 4) is 0 Å². The summed E-state index contributed by atoms with van der Waals surface area (Å²) in [6.45, 7) is 0.329. The molecule has 2 fully saturated rings. The summed E-state index contributed by atoms with van der Waals surface area (Å²) in [7, 11) is 2.39. The summed E-state index contributed by atoms with van der Waals surface area (Å²) in [5.41, 5.74) is -1.60. The summed E-state index contributed by atoms with van der Waals surface area (Å²) in [5.74, 6) is -1.48. The molecule has 0 radical (unpaired) electrons. The van der Waals surface area contributed by atoms with E-state index in [1.165, 1.54) is 14.2 Å². The molecular weight excluding hydrogens is 206 g/mol. The third-order valence-corrected chi connectivity index (χ3v) is 2.50. The van der Waals surface area contributed by atoms with Crippen LogP contribution in [0, 0.1) is 0 Å². The van der Waals surface area contributed by atoms with Gasteiger partial charge in [0.2, 0.25) is 0 Å². The fourth-order valence-electron chi connectivity index (χ4n) is 1.78. The lowest BCUT2D eigenvalue weighted by Crippen LogP contribution is -2.58. The van der Waals surface area contributed by atoms with E-state index < -0.39 is 17.5 Å². The fourth-order valence-corrected chi connectivity index (χ4v) is 1.78. The summed E-state index contributed by atoms with van der Waals surface area (Å²) in [4.78, 5) is 33.4. The first-order chi connectivity index (χ1) is 7.15. The van der Waals surface area contributed by atoms with E-state index in [1.54, 1.807) is 0 Å². The molecule has 2 aliphatic heterocycles. The summed E-state index contributed by atoms with van der Waals surface area (Å²) < 4.78 is 9.14. The second kappa shape index (κ2) is 3.44. The summed E-state index contributed by atoms with van der Waals surface area (Å²) in [5, 5.41) is 0.884. The van der Waals surface area contributed by atoms with Gasteiger partial charge in [0, 0.05) is 6.42 Å². The molecule has 0 aromatic heterocycles. The molecule has 2 unspecified atom stereocenters. The molecule has 2 atom stereocenters. The van der Waals surface area contributed by atoms with Gasteiger partial charge in [0.05, 0.1) is 20.8 Å². The van der Waals surface area contributed by atoms with E-state index in [1.807, 2.05) is 0 Å². The predicted octanol–water partition coefficient (Wildman–Crippen LogP) is -0.978. The second-order valence-corrected chi connectivity index (χ2v) is 3.33. The van der Waals surface area contributed by atoms with Gasteiger partial charge in [0.1, 0.15) is 6.10 Å². The topological polar surface area (TPSA) is 74.3 Å². The molecule has 7 heteroatoms. The molecule has 2 bridgehead atoms. The zero-order chi connectivity index (χ0) is 11.1. The van der Waals surface area contributed by atoms with Gasteiger partial charge in [-0.3, -0.25) is 9.68 Å². The molecule has 0 spiro atoms. The van der Waals surface area contributed by atoms with Crippen molar-refractivity contribution in [2.24, 2.45) is 0 Å². The van der Waals surface area contributed by atoms with Gasteiger partial charge in [-0.15, -0.1) is 0 Å². The summed E-state index contributed by atoms with van der Waals surface area (Å²) in [6.07, 6.45) is -0.116. The van der Waals surface area contributed by atoms with Gasteiger partial charge >= 0.3 is 11.9 Å². The average molecular weight is 217 g/mol. The van der Waals surface area contributed by atoms with Crippen LogP contribution >= 0.6 is 0 Å². The molecule has 0 amide bonds. The SMILES string of the molecule is COC(=O)C1(C(=O)OC)CC2CON1O2. The van der Waals surface area contributed by atoms with Crippen LogP contribution in [0.1, 0.15) is 6.42 Å². The van der Waals surface area contributed by atoms with Crippen molar-refractivity contribution < 1.29 is 28.7 Å². The van der Waals surface area contributed by atoms with Gasteiger partial charge in [0.25, 0.3) is 5.54 Å². The van der Waals surface area contributed by atoms with Gasteiger partial charge in [0.15, 0.2) is 0 Å². The predicted molar refractivity (Wildman–Crippen MR) is 44.0 cm³/mol. The number of hydroxylamine groups is 2. The number of ether oxygens (including phenoxy) is 2. The Balaban J connectivity index is 2.32. The van der Waals surface area contributed by atoms with E-state index in [0.29, 0.717) is 6.61 Å². The number of hydrogen-bond acceptors (Lipinski definition) is 7. The van der Waals surface area contributed by atoms with Gasteiger partial charge in [-0.25, -0.2) is 9.59 Å². The maximum absolute atomic E-state index is 11.6. The first-order valence-electron chi connectivity index (χ1n) is 4.42. The lowest BCUT2D eigenvalue weighted by molar-refractivity contribution is -0.324. The molecule has 2 saturated heterocycles. The maximum Gasteiger partial charge on any atom is 0.343 e. The molecule has 0 aromatic rings. The number of esters is 2. The Kier molecular flexibility index (Phi) is 2.37. The van der Waals surface area contributed by atoms with Crippen LogP contribution in [-0.2, 0) is 28.7 Å². The van der Waals surface area contributed by atoms with Crippen molar-refractivity contribution in [2.75, 3.05) is 20.8 Å². The molecule has 0 aliphatic carbocycles. The minimum atomic E-state index is -1.60. The highest BCUT2D eigenvalue weighted by Crippen LogP contribution is 2.39. The molecule has 2 aliphatic rings. The van der Waals surface area contributed by atoms with Crippen molar-refractivity contribution in [1.29, 1.82) is 0 Å². The maximum atomic E-state index is 11.6. The van der Waals surface area contributed by atoms with Crippen LogP contribution in [-0.4, -0.2) is 49.6 Å². The largest absolute Gasteiger partial charge is 0.467 e. The molecule has 0 saturated carbocycles. The standard InChI is InChI=1S/C8H11NO6/c1-12-6(10)8(7(11)13-2)3-5-4-14-9(8)15-5/h5H,3-4H2,1-2H3. The van der Waals surface area contributed by atoms with Crippen molar-refractivity contribution in [3.63, 3.8) is 0 Å². The fraction of sp³-hybridized carbons (Fsp3) is 0.750. The minimum Gasteiger partial charge on any atom is -0.467 e. The summed E-state index contributed by atoms with van der Waals surface area (Å²) >= 11 is 0. The Morgan fingerprint density at radius 2 is 1.93 bits per heavy atom. The summed E-state index contributed by atoms with van der Waals surface area (Å²) in [6, 6.07) is 0. The van der Waals surface area contributed by atoms with E-state index in [0.717, 1.165) is 5.23 Å². The van der Waals surface area contributed by atoms with E-state index in [2.05, 4.69) is 9.47 Å². The zero-order valence-corrected chi connectivity index (χ0v) is 8.39. The van der Waals surface area contributed by atoms with E-state index in [9.17, 15) is 9.59 Å². The highest BCUT2D eigenvalue weighted by molar-refractivity contribution is 6.05. The lowest BCUT2D eigenvalue weighted by Gasteiger charge is -2.29. The van der Waals surface area contributed by atoms with Crippen LogP contribution in [0.25, 0.3) is 0 Å². The normalized spacial score (nSPS) is 31.3. The molecule has 0 N–H and O–H groups in total. The molecule has 0 aromatic carbocycles. The minimum absolute atomic E-state index is 0.187. The van der Waals surface area contributed by atoms with Gasteiger partial charge in [-0.05, 0) is 5.23 Å². The van der Waals surface area contributed by atoms with E-state index in [4.69, 9.17) is 9.68 Å². The highest BCUT2D eigenvalue weighted by atomic mass is 17.0. The van der Waals surface area contributed by atoms with Gasteiger partial charge in [-0.1, -0.05) is 0 Å². The third-order valence-electron chi connectivity index (χ3n) is 2.50. The van der Waals surface area contributed by atoms with Crippen molar-refractivity contribution in [3.05, 3.63) is 0 Å². The molecule has 84 valence electrons.